The number of aromatic nitrogens is 2. The fourth-order valence-electron chi connectivity index (χ4n) is 4.29. The van der Waals surface area contributed by atoms with E-state index in [4.69, 9.17) is 4.42 Å². The van der Waals surface area contributed by atoms with Gasteiger partial charge < -0.3 is 14.3 Å². The van der Waals surface area contributed by atoms with Crippen LogP contribution in [0.3, 0.4) is 0 Å². The minimum Gasteiger partial charge on any atom is -0.455 e. The van der Waals surface area contributed by atoms with Crippen LogP contribution in [-0.4, -0.2) is 26.9 Å². The van der Waals surface area contributed by atoms with Crippen LogP contribution in [0.5, 0.6) is 0 Å². The molecular weight excluding hydrogens is 400 g/mol. The molecule has 4 heterocycles. The highest BCUT2D eigenvalue weighted by atomic mass is 16.4. The van der Waals surface area contributed by atoms with Crippen molar-refractivity contribution >= 4 is 5.91 Å². The van der Waals surface area contributed by atoms with Crippen LogP contribution in [0, 0.1) is 6.92 Å². The van der Waals surface area contributed by atoms with Crippen LogP contribution in [0.15, 0.2) is 83.7 Å². The summed E-state index contributed by atoms with van der Waals surface area (Å²) in [6, 6.07) is 20.6. The van der Waals surface area contributed by atoms with Gasteiger partial charge in [0.15, 0.2) is 5.76 Å². The van der Waals surface area contributed by atoms with Crippen molar-refractivity contribution in [3.05, 3.63) is 113 Å². The highest BCUT2D eigenvalue weighted by Gasteiger charge is 2.29. The van der Waals surface area contributed by atoms with Gasteiger partial charge in [-0.15, -0.1) is 0 Å². The van der Waals surface area contributed by atoms with Gasteiger partial charge in [-0.05, 0) is 48.4 Å². The fourth-order valence-corrected chi connectivity index (χ4v) is 4.29. The van der Waals surface area contributed by atoms with Gasteiger partial charge in [0.1, 0.15) is 5.76 Å². The molecule has 32 heavy (non-hydrogen) atoms. The molecule has 0 spiro atoms. The summed E-state index contributed by atoms with van der Waals surface area (Å²) >= 11 is 0. The zero-order valence-electron chi connectivity index (χ0n) is 18.1. The second-order valence-electron chi connectivity index (χ2n) is 8.22. The van der Waals surface area contributed by atoms with Crippen molar-refractivity contribution in [2.24, 2.45) is 0 Å². The molecule has 1 unspecified atom stereocenters. The third kappa shape index (κ3) is 4.22. The van der Waals surface area contributed by atoms with E-state index in [1.807, 2.05) is 18.2 Å². The molecule has 0 aliphatic carbocycles. The predicted molar refractivity (Wildman–Crippen MR) is 122 cm³/mol. The first-order valence-electron chi connectivity index (χ1n) is 10.9. The quantitative estimate of drug-likeness (QED) is 0.499. The molecule has 1 aromatic carbocycles. The lowest BCUT2D eigenvalue weighted by Gasteiger charge is -2.37. The molecule has 0 bridgehead atoms. The fraction of sp³-hybridized carbons (Fsp3) is 0.231. The summed E-state index contributed by atoms with van der Waals surface area (Å²) in [5.74, 6) is 0.896. The van der Waals surface area contributed by atoms with Gasteiger partial charge in [0, 0.05) is 43.9 Å². The van der Waals surface area contributed by atoms with E-state index in [-0.39, 0.29) is 11.9 Å². The Labute approximate surface area is 187 Å². The van der Waals surface area contributed by atoms with E-state index in [0.29, 0.717) is 18.8 Å². The van der Waals surface area contributed by atoms with E-state index < -0.39 is 0 Å². The number of rotatable bonds is 6. The number of hydrogen-bond donors (Lipinski definition) is 1. The topological polar surface area (TPSA) is 63.3 Å². The minimum atomic E-state index is -0.220. The molecule has 4 aromatic rings. The Kier molecular flexibility index (Phi) is 5.60. The van der Waals surface area contributed by atoms with Crippen LogP contribution in [0.25, 0.3) is 0 Å². The number of carbonyl (C=O) groups is 1. The van der Waals surface area contributed by atoms with Crippen molar-refractivity contribution in [1.29, 1.82) is 0 Å². The Morgan fingerprint density at radius 3 is 2.78 bits per heavy atom. The molecule has 6 nitrogen and oxygen atoms in total. The third-order valence-corrected chi connectivity index (χ3v) is 5.95. The van der Waals surface area contributed by atoms with Gasteiger partial charge in [-0.25, -0.2) is 0 Å². The molecule has 1 aliphatic rings. The van der Waals surface area contributed by atoms with E-state index in [2.05, 4.69) is 69.3 Å². The molecule has 0 saturated heterocycles. The van der Waals surface area contributed by atoms with Gasteiger partial charge in [-0.2, -0.15) is 0 Å². The van der Waals surface area contributed by atoms with E-state index in [1.54, 1.807) is 18.5 Å². The Morgan fingerprint density at radius 1 is 1.09 bits per heavy atom. The number of fused-ring (bicyclic) bond motifs is 1. The highest BCUT2D eigenvalue weighted by molar-refractivity contribution is 5.91. The van der Waals surface area contributed by atoms with Crippen LogP contribution in [-0.2, 0) is 19.6 Å². The number of aryl methyl sites for hydroxylation is 1. The summed E-state index contributed by atoms with van der Waals surface area (Å²) in [7, 11) is 0. The molecule has 1 atom stereocenters. The van der Waals surface area contributed by atoms with Gasteiger partial charge >= 0.3 is 0 Å². The number of nitrogens with one attached hydrogen (secondary N) is 1. The second-order valence-corrected chi connectivity index (χ2v) is 8.22. The average molecular weight is 427 g/mol. The monoisotopic (exact) mass is 426 g/mol. The largest absolute Gasteiger partial charge is 0.455 e. The van der Waals surface area contributed by atoms with E-state index in [0.717, 1.165) is 24.4 Å². The summed E-state index contributed by atoms with van der Waals surface area (Å²) in [5.41, 5.74) is 4.74. The number of hydrogen-bond acceptors (Lipinski definition) is 4. The third-order valence-electron chi connectivity index (χ3n) is 5.95. The molecule has 1 amide bonds. The minimum absolute atomic E-state index is 0.146. The van der Waals surface area contributed by atoms with Gasteiger partial charge in [-0.1, -0.05) is 35.9 Å². The maximum absolute atomic E-state index is 12.5. The molecule has 1 N–H and O–H groups in total. The molecule has 0 saturated carbocycles. The van der Waals surface area contributed by atoms with Crippen molar-refractivity contribution < 1.29 is 9.21 Å². The molecule has 5 rings (SSSR count). The molecule has 162 valence electrons. The van der Waals surface area contributed by atoms with Crippen LogP contribution < -0.4 is 5.32 Å². The number of furan rings is 1. The first kappa shape index (κ1) is 20.3. The van der Waals surface area contributed by atoms with E-state index in [1.165, 1.54) is 16.8 Å². The van der Waals surface area contributed by atoms with Crippen molar-refractivity contribution in [2.75, 3.05) is 6.54 Å². The number of amides is 1. The number of benzene rings is 1. The summed E-state index contributed by atoms with van der Waals surface area (Å²) in [5, 5.41) is 2.89. The van der Waals surface area contributed by atoms with Gasteiger partial charge in [-0.3, -0.25) is 14.7 Å². The van der Waals surface area contributed by atoms with Crippen LogP contribution >= 0.6 is 0 Å². The summed E-state index contributed by atoms with van der Waals surface area (Å²) in [6.07, 6.45) is 5.60. The second kappa shape index (κ2) is 8.85. The van der Waals surface area contributed by atoms with Gasteiger partial charge in [0.2, 0.25) is 0 Å². The van der Waals surface area contributed by atoms with Crippen molar-refractivity contribution in [3.8, 4) is 0 Å². The van der Waals surface area contributed by atoms with Crippen molar-refractivity contribution in [2.45, 2.75) is 32.6 Å². The summed E-state index contributed by atoms with van der Waals surface area (Å²) < 4.78 is 8.25. The Morgan fingerprint density at radius 2 is 1.97 bits per heavy atom. The summed E-state index contributed by atoms with van der Waals surface area (Å²) in [4.78, 5) is 19.0. The highest BCUT2D eigenvalue weighted by Crippen LogP contribution is 2.33. The lowest BCUT2D eigenvalue weighted by Crippen LogP contribution is -2.37. The molecule has 0 radical (unpaired) electrons. The SMILES string of the molecule is Cc1ccc(C2c3cccn3CCN2Cc2ccc(C(=O)NCc3cccnc3)o2)cc1. The molecule has 6 heteroatoms. The number of nitrogens with zero attached hydrogens (tertiary/aromatic N) is 3. The van der Waals surface area contributed by atoms with Gasteiger partial charge in [0.25, 0.3) is 5.91 Å². The number of pyridine rings is 1. The Balaban J connectivity index is 1.31. The maximum atomic E-state index is 12.5. The van der Waals surface area contributed by atoms with E-state index >= 15 is 0 Å². The number of carbonyl (C=O) groups excluding carboxylic acids is 1. The van der Waals surface area contributed by atoms with Crippen molar-refractivity contribution in [3.63, 3.8) is 0 Å². The van der Waals surface area contributed by atoms with Crippen LogP contribution in [0.1, 0.15) is 44.7 Å². The van der Waals surface area contributed by atoms with Gasteiger partial charge in [0.05, 0.1) is 12.6 Å². The predicted octanol–water partition coefficient (Wildman–Crippen LogP) is 4.32. The first-order valence-corrected chi connectivity index (χ1v) is 10.9. The molecule has 0 fully saturated rings. The summed E-state index contributed by atoms with van der Waals surface area (Å²) in [6.45, 7) is 5.00. The van der Waals surface area contributed by atoms with Crippen molar-refractivity contribution in [1.82, 2.24) is 19.8 Å². The normalized spacial score (nSPS) is 16.0. The first-order chi connectivity index (χ1) is 15.7. The maximum Gasteiger partial charge on any atom is 0.287 e. The lowest BCUT2D eigenvalue weighted by molar-refractivity contribution is 0.0916. The molecule has 3 aromatic heterocycles. The zero-order valence-corrected chi connectivity index (χ0v) is 18.1. The van der Waals surface area contributed by atoms with Crippen LogP contribution in [0.2, 0.25) is 0 Å². The van der Waals surface area contributed by atoms with E-state index in [9.17, 15) is 4.79 Å². The van der Waals surface area contributed by atoms with Crippen LogP contribution in [0.4, 0.5) is 0 Å². The molecule has 1 aliphatic heterocycles. The zero-order chi connectivity index (χ0) is 21.9. The standard InChI is InChI=1S/C26H26N4O2/c1-19-6-8-21(9-7-19)25-23-5-3-13-29(23)14-15-30(25)18-22-10-11-24(32-22)26(31)28-17-20-4-2-12-27-16-20/h2-13,16,25H,14-15,17-18H2,1H3,(H,28,31). The average Bonchev–Trinajstić information content (AvgIpc) is 3.49. The Bertz CT molecular complexity index is 1190. The lowest BCUT2D eigenvalue weighted by atomic mass is 9.99. The Hall–Kier alpha value is -3.64. The smallest absolute Gasteiger partial charge is 0.287 e. The molecular formula is C26H26N4O2.